The molecule has 0 radical (unpaired) electrons. The minimum atomic E-state index is -4.85. The Bertz CT molecular complexity index is 1160. The molecule has 0 aliphatic carbocycles. The molecule has 1 saturated heterocycles. The molecule has 10 nitrogen and oxygen atoms in total. The van der Waals surface area contributed by atoms with Crippen LogP contribution in [-0.4, -0.2) is 26.7 Å². The normalized spacial score (nSPS) is 33.2. The molecular formula is C16H15NO9P2. The van der Waals surface area contributed by atoms with Crippen molar-refractivity contribution in [3.8, 4) is 0 Å². The predicted molar refractivity (Wildman–Crippen MR) is 95.9 cm³/mol. The first-order valence-corrected chi connectivity index (χ1v) is 11.7. The fourth-order valence-corrected chi connectivity index (χ4v) is 7.24. The van der Waals surface area contributed by atoms with Crippen LogP contribution in [0.4, 0.5) is 0 Å². The fraction of sp³-hybridized carbons (Fsp3) is 0.250. The van der Waals surface area contributed by atoms with Gasteiger partial charge in [0.05, 0.1) is 0 Å². The van der Waals surface area contributed by atoms with Crippen molar-refractivity contribution in [1.29, 1.82) is 0 Å². The lowest BCUT2D eigenvalue weighted by atomic mass is 10.2. The molecule has 3 heterocycles. The fourth-order valence-electron chi connectivity index (χ4n) is 2.91. The molecule has 0 amide bonds. The first-order chi connectivity index (χ1) is 13.1. The van der Waals surface area contributed by atoms with Gasteiger partial charge in [-0.3, -0.25) is 23.2 Å². The zero-order valence-corrected chi connectivity index (χ0v) is 16.2. The summed E-state index contributed by atoms with van der Waals surface area (Å²) in [5, 5.41) is 8.24. The third-order valence-electron chi connectivity index (χ3n) is 4.43. The van der Waals surface area contributed by atoms with Gasteiger partial charge < -0.3 is 18.8 Å². The highest BCUT2D eigenvalue weighted by Crippen LogP contribution is 2.79. The molecule has 0 spiro atoms. The third kappa shape index (κ3) is 3.08. The average molecular weight is 427 g/mol. The van der Waals surface area contributed by atoms with E-state index in [9.17, 15) is 23.9 Å². The van der Waals surface area contributed by atoms with E-state index in [0.717, 1.165) is 6.66 Å². The van der Waals surface area contributed by atoms with Crippen LogP contribution < -0.4 is 5.82 Å². The average Bonchev–Trinajstić information content (AvgIpc) is 2.99. The van der Waals surface area contributed by atoms with Gasteiger partial charge in [0.25, 0.3) is 0 Å². The number of benzene rings is 1. The molecule has 4 unspecified atom stereocenters. The Hall–Kier alpha value is -2.06. The summed E-state index contributed by atoms with van der Waals surface area (Å²) < 4.78 is 46.2. The van der Waals surface area contributed by atoms with Gasteiger partial charge in [-0.05, 0) is 29.8 Å². The Labute approximate surface area is 157 Å². The maximum atomic E-state index is 13.2. The predicted octanol–water partition coefficient (Wildman–Crippen LogP) is 2.81. The topological polar surface area (TPSA) is 149 Å². The second kappa shape index (κ2) is 6.49. The maximum Gasteiger partial charge on any atom is 0.519 e. The van der Waals surface area contributed by atoms with E-state index in [0.29, 0.717) is 5.56 Å². The van der Waals surface area contributed by atoms with Gasteiger partial charge in [-0.2, -0.15) is 0 Å². The molecule has 3 aromatic rings. The van der Waals surface area contributed by atoms with Gasteiger partial charge in [-0.1, -0.05) is 6.07 Å². The number of hydrogen-bond acceptors (Lipinski definition) is 9. The van der Waals surface area contributed by atoms with Crippen LogP contribution in [0.2, 0.25) is 0 Å². The molecule has 1 aliphatic heterocycles. The second-order valence-electron chi connectivity index (χ2n) is 6.38. The quantitative estimate of drug-likeness (QED) is 0.598. The van der Waals surface area contributed by atoms with Crippen LogP contribution in [0.1, 0.15) is 17.4 Å². The molecule has 0 saturated carbocycles. The maximum absolute atomic E-state index is 13.2. The zero-order valence-electron chi connectivity index (χ0n) is 14.4. The van der Waals surface area contributed by atoms with Gasteiger partial charge in [0.15, 0.2) is 17.5 Å². The van der Waals surface area contributed by atoms with Crippen molar-refractivity contribution in [3.63, 3.8) is 0 Å². The summed E-state index contributed by atoms with van der Waals surface area (Å²) in [4.78, 5) is 25.5. The van der Waals surface area contributed by atoms with Crippen LogP contribution in [0.15, 0.2) is 56.4 Å². The third-order valence-corrected chi connectivity index (χ3v) is 9.87. The molecule has 2 aromatic heterocycles. The lowest BCUT2D eigenvalue weighted by Gasteiger charge is -2.42. The number of aromatic nitrogens is 1. The summed E-state index contributed by atoms with van der Waals surface area (Å²) >= 11 is 0. The zero-order chi connectivity index (χ0) is 20.2. The Morgan fingerprint density at radius 2 is 1.93 bits per heavy atom. The first-order valence-electron chi connectivity index (χ1n) is 8.03. The van der Waals surface area contributed by atoms with Crippen molar-refractivity contribution in [3.05, 3.63) is 64.5 Å². The van der Waals surface area contributed by atoms with Crippen LogP contribution in [0, 0.1) is 0 Å². The SMILES string of the molecule is CP1(=O)OC(c2ccc3oc(=O)oc3c2)OP(=O)(O)C1(O)Cc1cccnc1. The molecule has 1 aliphatic rings. The van der Waals surface area contributed by atoms with E-state index in [2.05, 4.69) is 4.98 Å². The summed E-state index contributed by atoms with van der Waals surface area (Å²) in [5.41, 5.74) is 0.763. The molecule has 2 N–H and O–H groups in total. The van der Waals surface area contributed by atoms with Crippen molar-refractivity contribution < 1.29 is 37.0 Å². The van der Waals surface area contributed by atoms with E-state index in [1.807, 2.05) is 0 Å². The molecule has 1 aromatic carbocycles. The van der Waals surface area contributed by atoms with E-state index >= 15 is 0 Å². The van der Waals surface area contributed by atoms with Crippen molar-refractivity contribution in [1.82, 2.24) is 4.98 Å². The largest absolute Gasteiger partial charge is 0.519 e. The highest BCUT2D eigenvalue weighted by atomic mass is 31.2. The Balaban J connectivity index is 1.71. The molecule has 28 heavy (non-hydrogen) atoms. The van der Waals surface area contributed by atoms with Crippen LogP contribution in [-0.2, 0) is 24.6 Å². The van der Waals surface area contributed by atoms with Gasteiger partial charge in [-0.15, -0.1) is 0 Å². The number of nitrogens with zero attached hydrogens (tertiary/aromatic N) is 1. The van der Waals surface area contributed by atoms with E-state index in [-0.39, 0.29) is 16.7 Å². The highest BCUT2D eigenvalue weighted by molar-refractivity contribution is 7.75. The second-order valence-corrected chi connectivity index (χ2v) is 11.4. The van der Waals surface area contributed by atoms with E-state index in [4.69, 9.17) is 17.9 Å². The number of hydrogen-bond donors (Lipinski definition) is 2. The first kappa shape index (κ1) is 19.3. The Morgan fingerprint density at radius 1 is 1.18 bits per heavy atom. The van der Waals surface area contributed by atoms with E-state index < -0.39 is 38.6 Å². The monoisotopic (exact) mass is 427 g/mol. The van der Waals surface area contributed by atoms with E-state index in [1.54, 1.807) is 12.1 Å². The van der Waals surface area contributed by atoms with Crippen molar-refractivity contribution in [2.24, 2.45) is 0 Å². The number of rotatable bonds is 3. The van der Waals surface area contributed by atoms with Crippen molar-refractivity contribution in [2.75, 3.05) is 6.66 Å². The summed E-state index contributed by atoms with van der Waals surface area (Å²) in [5.74, 6) is -0.919. The smallest absolute Gasteiger partial charge is 0.391 e. The van der Waals surface area contributed by atoms with Crippen LogP contribution in [0.25, 0.3) is 11.2 Å². The van der Waals surface area contributed by atoms with Crippen LogP contribution in [0.5, 0.6) is 0 Å². The van der Waals surface area contributed by atoms with Crippen molar-refractivity contribution in [2.45, 2.75) is 17.8 Å². The Kier molecular flexibility index (Phi) is 4.46. The highest BCUT2D eigenvalue weighted by Gasteiger charge is 2.64. The van der Waals surface area contributed by atoms with Gasteiger partial charge >= 0.3 is 13.4 Å². The summed E-state index contributed by atoms with van der Waals surface area (Å²) in [6.07, 6.45) is 0.890. The molecule has 12 heteroatoms. The summed E-state index contributed by atoms with van der Waals surface area (Å²) in [7, 11) is -8.95. The van der Waals surface area contributed by atoms with Gasteiger partial charge in [-0.25, -0.2) is 4.79 Å². The lowest BCUT2D eigenvalue weighted by molar-refractivity contribution is -0.0439. The van der Waals surface area contributed by atoms with Crippen LogP contribution >= 0.6 is 15.0 Å². The van der Waals surface area contributed by atoms with Crippen molar-refractivity contribution >= 4 is 26.1 Å². The van der Waals surface area contributed by atoms with Gasteiger partial charge in [0.1, 0.15) is 0 Å². The number of aliphatic hydroxyl groups is 1. The number of pyridine rings is 1. The van der Waals surface area contributed by atoms with Gasteiger partial charge in [0.2, 0.25) is 12.5 Å². The Morgan fingerprint density at radius 3 is 2.61 bits per heavy atom. The van der Waals surface area contributed by atoms with Gasteiger partial charge in [0, 0.05) is 31.0 Å². The standard InChI is InChI=1S/C16H15NO9P2/c1-27(20)16(19,8-10-3-2-6-17-9-10)28(21,22)26-14(25-27)11-4-5-12-13(7-11)24-15(18)23-12/h2-7,9,14,19H,8H2,1H3,(H,21,22). The molecule has 1 fully saturated rings. The number of fused-ring (bicyclic) bond motifs is 1. The summed E-state index contributed by atoms with van der Waals surface area (Å²) in [6, 6.07) is 7.21. The molecular weight excluding hydrogens is 412 g/mol. The molecule has 4 atom stereocenters. The minimum Gasteiger partial charge on any atom is -0.391 e. The lowest BCUT2D eigenvalue weighted by Crippen LogP contribution is -2.37. The molecule has 148 valence electrons. The van der Waals surface area contributed by atoms with E-state index in [1.165, 1.54) is 30.6 Å². The minimum absolute atomic E-state index is 0.0598. The van der Waals surface area contributed by atoms with Crippen LogP contribution in [0.3, 0.4) is 0 Å². The summed E-state index contributed by atoms with van der Waals surface area (Å²) in [6.45, 7) is 1.07. The molecule has 0 bridgehead atoms. The molecule has 4 rings (SSSR count).